The molecule has 3 heterocycles. The van der Waals surface area contributed by atoms with Crippen molar-refractivity contribution in [3.63, 3.8) is 0 Å². The van der Waals surface area contributed by atoms with Crippen LogP contribution in [0, 0.1) is 0 Å². The van der Waals surface area contributed by atoms with Crippen molar-refractivity contribution >= 4 is 59.9 Å². The Kier molecular flexibility index (Phi) is 2.05. The van der Waals surface area contributed by atoms with Gasteiger partial charge in [0.15, 0.2) is 0 Å². The van der Waals surface area contributed by atoms with Crippen LogP contribution in [-0.2, 0) is 0 Å². The summed E-state index contributed by atoms with van der Waals surface area (Å²) in [4.78, 5) is 0. The second-order valence-corrected chi connectivity index (χ2v) is 7.06. The van der Waals surface area contributed by atoms with Gasteiger partial charge in [0.05, 0.1) is 11.0 Å². The number of fused-ring (bicyclic) bond motifs is 8. The predicted molar refractivity (Wildman–Crippen MR) is 108 cm³/mol. The van der Waals surface area contributed by atoms with Gasteiger partial charge in [-0.25, -0.2) is 0 Å². The molecule has 0 radical (unpaired) electrons. The van der Waals surface area contributed by atoms with E-state index in [0.717, 1.165) is 11.2 Å². The van der Waals surface area contributed by atoms with Gasteiger partial charge in [0.25, 0.3) is 0 Å². The standard InChI is InChI=1S/C24H13NO/c1-2-6-15-12-19-18(11-14(15)5-1)23-22-17-7-3-4-8-20(17)26-21(22)13-16-9-10-25(19)24(16)23/h1-13H. The van der Waals surface area contributed by atoms with Gasteiger partial charge in [0.2, 0.25) is 0 Å². The fourth-order valence-corrected chi connectivity index (χ4v) is 4.60. The lowest BCUT2D eigenvalue weighted by Crippen LogP contribution is -1.77. The van der Waals surface area contributed by atoms with Crippen molar-refractivity contribution in [3.05, 3.63) is 79.0 Å². The molecule has 26 heavy (non-hydrogen) atoms. The number of para-hydroxylation sites is 1. The molecule has 0 saturated carbocycles. The first-order chi connectivity index (χ1) is 12.9. The average molecular weight is 331 g/mol. The number of rotatable bonds is 0. The maximum Gasteiger partial charge on any atom is 0.136 e. The number of benzene rings is 4. The first-order valence-corrected chi connectivity index (χ1v) is 8.87. The lowest BCUT2D eigenvalue weighted by atomic mass is 10.0. The minimum Gasteiger partial charge on any atom is -0.456 e. The molecule has 0 fully saturated rings. The lowest BCUT2D eigenvalue weighted by Gasteiger charge is -2.00. The number of furan rings is 1. The molecule has 0 aliphatic carbocycles. The van der Waals surface area contributed by atoms with Crippen molar-refractivity contribution in [1.29, 1.82) is 0 Å². The van der Waals surface area contributed by atoms with Crippen LogP contribution in [0.2, 0.25) is 0 Å². The molecular weight excluding hydrogens is 318 g/mol. The fourth-order valence-electron chi connectivity index (χ4n) is 4.60. The van der Waals surface area contributed by atoms with E-state index in [1.807, 2.05) is 6.07 Å². The lowest BCUT2D eigenvalue weighted by molar-refractivity contribution is 0.669. The molecule has 0 amide bonds. The SMILES string of the molecule is c1ccc2cc3c(cc2c1)c1c2c(cc4ccn3c41)oc1ccccc12. The first kappa shape index (κ1) is 12.8. The van der Waals surface area contributed by atoms with Gasteiger partial charge in [0.1, 0.15) is 11.2 Å². The van der Waals surface area contributed by atoms with Crippen molar-refractivity contribution in [2.75, 3.05) is 0 Å². The third kappa shape index (κ3) is 1.36. The number of aromatic nitrogens is 1. The van der Waals surface area contributed by atoms with Gasteiger partial charge < -0.3 is 8.82 Å². The van der Waals surface area contributed by atoms with E-state index in [-0.39, 0.29) is 0 Å². The minimum absolute atomic E-state index is 0.951. The first-order valence-electron chi connectivity index (χ1n) is 8.87. The van der Waals surface area contributed by atoms with Crippen LogP contribution in [0.1, 0.15) is 0 Å². The van der Waals surface area contributed by atoms with Gasteiger partial charge in [-0.2, -0.15) is 0 Å². The largest absolute Gasteiger partial charge is 0.456 e. The van der Waals surface area contributed by atoms with Gasteiger partial charge in [-0.3, -0.25) is 0 Å². The normalized spacial score (nSPS) is 12.6. The molecule has 2 heteroatoms. The van der Waals surface area contributed by atoms with E-state index in [9.17, 15) is 0 Å². The van der Waals surface area contributed by atoms with Gasteiger partial charge >= 0.3 is 0 Å². The smallest absolute Gasteiger partial charge is 0.136 e. The van der Waals surface area contributed by atoms with E-state index in [4.69, 9.17) is 4.42 Å². The molecule has 0 bridgehead atoms. The molecule has 0 aliphatic heterocycles. The Hall–Kier alpha value is -3.52. The molecule has 0 atom stereocenters. The zero-order valence-corrected chi connectivity index (χ0v) is 13.9. The monoisotopic (exact) mass is 331 g/mol. The minimum atomic E-state index is 0.951. The summed E-state index contributed by atoms with van der Waals surface area (Å²) in [6.45, 7) is 0. The Morgan fingerprint density at radius 3 is 2.35 bits per heavy atom. The Morgan fingerprint density at radius 2 is 1.42 bits per heavy atom. The fraction of sp³-hybridized carbons (Fsp3) is 0. The Morgan fingerprint density at radius 1 is 0.615 bits per heavy atom. The van der Waals surface area contributed by atoms with Crippen molar-refractivity contribution in [2.45, 2.75) is 0 Å². The second kappa shape index (κ2) is 4.17. The van der Waals surface area contributed by atoms with E-state index >= 15 is 0 Å². The van der Waals surface area contributed by atoms with Gasteiger partial charge in [-0.1, -0.05) is 42.5 Å². The van der Waals surface area contributed by atoms with E-state index in [1.54, 1.807) is 0 Å². The number of nitrogens with zero attached hydrogens (tertiary/aromatic N) is 1. The van der Waals surface area contributed by atoms with Gasteiger partial charge in [-0.15, -0.1) is 0 Å². The van der Waals surface area contributed by atoms with Gasteiger partial charge in [-0.05, 0) is 41.1 Å². The Balaban J connectivity index is 1.89. The van der Waals surface area contributed by atoms with Crippen molar-refractivity contribution in [1.82, 2.24) is 4.40 Å². The molecule has 3 aromatic heterocycles. The molecule has 0 unspecified atom stereocenters. The molecule has 120 valence electrons. The summed E-state index contributed by atoms with van der Waals surface area (Å²) in [5.74, 6) is 0. The quantitative estimate of drug-likeness (QED) is 0.301. The maximum absolute atomic E-state index is 6.19. The average Bonchev–Trinajstić information content (AvgIpc) is 3.34. The summed E-state index contributed by atoms with van der Waals surface area (Å²) in [7, 11) is 0. The van der Waals surface area contributed by atoms with Crippen LogP contribution >= 0.6 is 0 Å². The highest BCUT2D eigenvalue weighted by atomic mass is 16.3. The molecule has 2 nitrogen and oxygen atoms in total. The van der Waals surface area contributed by atoms with Crippen molar-refractivity contribution in [3.8, 4) is 0 Å². The summed E-state index contributed by atoms with van der Waals surface area (Å²) in [6, 6.07) is 25.9. The Bertz CT molecular complexity index is 1630. The topological polar surface area (TPSA) is 17.6 Å². The van der Waals surface area contributed by atoms with Crippen LogP contribution in [0.15, 0.2) is 83.4 Å². The number of hydrogen-bond acceptors (Lipinski definition) is 1. The zero-order chi connectivity index (χ0) is 16.8. The highest BCUT2D eigenvalue weighted by Crippen LogP contribution is 2.43. The molecular formula is C24H13NO. The summed E-state index contributed by atoms with van der Waals surface area (Å²) >= 11 is 0. The van der Waals surface area contributed by atoms with E-state index in [1.165, 1.54) is 48.7 Å². The summed E-state index contributed by atoms with van der Waals surface area (Å²) < 4.78 is 8.52. The predicted octanol–water partition coefficient (Wildman–Crippen LogP) is 6.74. The van der Waals surface area contributed by atoms with Crippen LogP contribution in [0.5, 0.6) is 0 Å². The molecule has 0 saturated heterocycles. The van der Waals surface area contributed by atoms with Crippen molar-refractivity contribution < 1.29 is 4.42 Å². The van der Waals surface area contributed by atoms with Crippen LogP contribution < -0.4 is 0 Å². The zero-order valence-electron chi connectivity index (χ0n) is 13.9. The highest BCUT2D eigenvalue weighted by molar-refractivity contribution is 6.31. The summed E-state index contributed by atoms with van der Waals surface area (Å²) in [6.07, 6.45) is 2.18. The van der Waals surface area contributed by atoms with Crippen LogP contribution in [0.3, 0.4) is 0 Å². The molecule has 4 aromatic carbocycles. The van der Waals surface area contributed by atoms with Crippen LogP contribution in [0.4, 0.5) is 0 Å². The molecule has 0 spiro atoms. The summed E-state index contributed by atoms with van der Waals surface area (Å²) in [5, 5.41) is 8.78. The molecule has 7 aromatic rings. The maximum atomic E-state index is 6.19. The molecule has 0 aliphatic rings. The Labute approximate surface area is 148 Å². The van der Waals surface area contributed by atoms with E-state index in [2.05, 4.69) is 77.3 Å². The van der Waals surface area contributed by atoms with E-state index in [0.29, 0.717) is 0 Å². The van der Waals surface area contributed by atoms with Crippen LogP contribution in [-0.4, -0.2) is 4.40 Å². The highest BCUT2D eigenvalue weighted by Gasteiger charge is 2.19. The third-order valence-electron chi connectivity index (χ3n) is 5.71. The van der Waals surface area contributed by atoms with E-state index < -0.39 is 0 Å². The van der Waals surface area contributed by atoms with Crippen LogP contribution in [0.25, 0.3) is 59.9 Å². The third-order valence-corrected chi connectivity index (χ3v) is 5.71. The molecule has 7 rings (SSSR count). The summed E-state index contributed by atoms with van der Waals surface area (Å²) in [5.41, 5.74) is 4.46. The number of hydrogen-bond donors (Lipinski definition) is 0. The van der Waals surface area contributed by atoms with Crippen molar-refractivity contribution in [2.24, 2.45) is 0 Å². The molecule has 0 N–H and O–H groups in total. The van der Waals surface area contributed by atoms with Gasteiger partial charge in [0, 0.05) is 33.1 Å². The second-order valence-electron chi connectivity index (χ2n) is 7.06.